The number of fused-ring (bicyclic) bond motifs is 3. The molecule has 0 spiro atoms. The maximum Gasteiger partial charge on any atom is 0.410 e. The summed E-state index contributed by atoms with van der Waals surface area (Å²) in [6.07, 6.45) is -0.447. The molecular formula is C33H39N3O6. The topological polar surface area (TPSA) is 101 Å². The van der Waals surface area contributed by atoms with Crippen molar-refractivity contribution >= 4 is 18.2 Å². The van der Waals surface area contributed by atoms with Gasteiger partial charge in [-0.25, -0.2) is 14.4 Å². The number of rotatable bonds is 6. The van der Waals surface area contributed by atoms with E-state index in [1.54, 1.807) is 16.7 Å². The highest BCUT2D eigenvalue weighted by Gasteiger charge is 2.38. The third-order valence-electron chi connectivity index (χ3n) is 8.48. The van der Waals surface area contributed by atoms with Gasteiger partial charge in [0.1, 0.15) is 12.2 Å². The lowest BCUT2D eigenvalue weighted by Gasteiger charge is -2.30. The number of hydrogen-bond donors (Lipinski definition) is 1. The van der Waals surface area contributed by atoms with Crippen molar-refractivity contribution in [2.24, 2.45) is 7.05 Å². The quantitative estimate of drug-likeness (QED) is 0.382. The molecular weight excluding hydrogens is 534 g/mol. The number of likely N-dealkylation sites (tertiary alicyclic amines) is 1. The largest absolute Gasteiger partial charge is 0.478 e. The summed E-state index contributed by atoms with van der Waals surface area (Å²) in [6, 6.07) is 15.9. The normalized spacial score (nSPS) is 16.2. The van der Waals surface area contributed by atoms with Gasteiger partial charge in [0, 0.05) is 43.0 Å². The van der Waals surface area contributed by atoms with E-state index in [2.05, 4.69) is 24.3 Å². The van der Waals surface area contributed by atoms with Crippen LogP contribution in [-0.2, 0) is 23.1 Å². The van der Waals surface area contributed by atoms with Gasteiger partial charge < -0.3 is 24.0 Å². The minimum atomic E-state index is -1.04. The van der Waals surface area contributed by atoms with E-state index in [0.717, 1.165) is 27.9 Å². The molecule has 1 atom stereocenters. The van der Waals surface area contributed by atoms with Crippen LogP contribution in [0.3, 0.4) is 0 Å². The van der Waals surface area contributed by atoms with E-state index in [1.807, 2.05) is 63.6 Å². The number of aromatic carboxylic acids is 1. The number of benzene rings is 2. The number of ether oxygens (including phenoxy) is 2. The fraction of sp³-hybridized carbons (Fsp3) is 0.424. The maximum absolute atomic E-state index is 13.9. The average Bonchev–Trinajstić information content (AvgIpc) is 3.60. The fourth-order valence-electron chi connectivity index (χ4n) is 6.18. The summed E-state index contributed by atoms with van der Waals surface area (Å²) >= 11 is 0. The molecule has 0 bridgehead atoms. The van der Waals surface area contributed by atoms with Gasteiger partial charge in [0.2, 0.25) is 0 Å². The Balaban J connectivity index is 1.42. The van der Waals surface area contributed by atoms with E-state index >= 15 is 0 Å². The van der Waals surface area contributed by atoms with Crippen LogP contribution in [0.2, 0.25) is 0 Å². The Morgan fingerprint density at radius 3 is 2.14 bits per heavy atom. The highest BCUT2D eigenvalue weighted by atomic mass is 16.6. The number of carbonyl (C=O) groups is 3. The van der Waals surface area contributed by atoms with Gasteiger partial charge in [-0.05, 0) is 63.3 Å². The van der Waals surface area contributed by atoms with Crippen molar-refractivity contribution in [1.29, 1.82) is 0 Å². The van der Waals surface area contributed by atoms with Crippen LogP contribution in [0.1, 0.15) is 71.5 Å². The Hall–Kier alpha value is -4.27. The molecule has 2 heterocycles. The molecule has 1 aliphatic carbocycles. The van der Waals surface area contributed by atoms with Crippen molar-refractivity contribution < 1.29 is 29.0 Å². The Morgan fingerprint density at radius 2 is 1.57 bits per heavy atom. The fourth-order valence-corrected chi connectivity index (χ4v) is 6.18. The second-order valence-corrected chi connectivity index (χ2v) is 12.2. The molecule has 0 unspecified atom stereocenters. The van der Waals surface area contributed by atoms with Gasteiger partial charge in [-0.1, -0.05) is 48.5 Å². The predicted molar refractivity (Wildman–Crippen MR) is 159 cm³/mol. The Morgan fingerprint density at radius 1 is 0.976 bits per heavy atom. The van der Waals surface area contributed by atoms with Crippen molar-refractivity contribution in [2.45, 2.75) is 65.1 Å². The number of carboxylic acids is 1. The first-order chi connectivity index (χ1) is 19.9. The van der Waals surface area contributed by atoms with Gasteiger partial charge in [0.05, 0.1) is 18.2 Å². The zero-order chi connectivity index (χ0) is 30.3. The van der Waals surface area contributed by atoms with Crippen LogP contribution >= 0.6 is 0 Å². The van der Waals surface area contributed by atoms with E-state index in [1.165, 1.54) is 0 Å². The molecule has 222 valence electrons. The van der Waals surface area contributed by atoms with Crippen molar-refractivity contribution in [1.82, 2.24) is 14.4 Å². The number of aromatic nitrogens is 1. The van der Waals surface area contributed by atoms with Crippen LogP contribution in [0.5, 0.6) is 0 Å². The summed E-state index contributed by atoms with van der Waals surface area (Å²) in [5.74, 6) is -1.15. The van der Waals surface area contributed by atoms with Gasteiger partial charge in [0.25, 0.3) is 0 Å². The lowest BCUT2D eigenvalue weighted by molar-refractivity contribution is 0.0272. The Bertz CT molecular complexity index is 1490. The first-order valence-corrected chi connectivity index (χ1v) is 14.3. The van der Waals surface area contributed by atoms with Crippen molar-refractivity contribution in [3.8, 4) is 11.1 Å². The lowest BCUT2D eigenvalue weighted by Crippen LogP contribution is -2.44. The van der Waals surface area contributed by atoms with Gasteiger partial charge >= 0.3 is 18.2 Å². The summed E-state index contributed by atoms with van der Waals surface area (Å²) in [5.41, 5.74) is 5.98. The van der Waals surface area contributed by atoms with E-state index in [0.29, 0.717) is 24.2 Å². The van der Waals surface area contributed by atoms with E-state index in [-0.39, 0.29) is 37.2 Å². The van der Waals surface area contributed by atoms with Gasteiger partial charge in [-0.2, -0.15) is 0 Å². The Kier molecular flexibility index (Phi) is 7.79. The van der Waals surface area contributed by atoms with E-state index in [4.69, 9.17) is 9.47 Å². The monoisotopic (exact) mass is 573 g/mol. The second-order valence-electron chi connectivity index (χ2n) is 12.2. The van der Waals surface area contributed by atoms with Crippen LogP contribution in [0.15, 0.2) is 48.5 Å². The average molecular weight is 574 g/mol. The smallest absolute Gasteiger partial charge is 0.410 e. The number of carbonyl (C=O) groups excluding carboxylic acids is 2. The second kappa shape index (κ2) is 11.2. The number of nitrogens with zero attached hydrogens (tertiary/aromatic N) is 3. The summed E-state index contributed by atoms with van der Waals surface area (Å²) in [7, 11) is 1.82. The van der Waals surface area contributed by atoms with Crippen molar-refractivity contribution in [3.05, 3.63) is 82.2 Å². The molecule has 2 aliphatic rings. The molecule has 5 rings (SSSR count). The molecule has 2 aromatic carbocycles. The summed E-state index contributed by atoms with van der Waals surface area (Å²) < 4.78 is 13.4. The SMILES string of the molecule is Cc1c(CN(C(=O)OCC2c3ccccc3-c3ccccc32)[C@H]2CCN(C(=O)OC(C)(C)C)C2)c(C(=O)O)c(C)n1C. The lowest BCUT2D eigenvalue weighted by atomic mass is 9.98. The minimum Gasteiger partial charge on any atom is -0.478 e. The van der Waals surface area contributed by atoms with Gasteiger partial charge in [-0.15, -0.1) is 0 Å². The Labute approximate surface area is 246 Å². The van der Waals surface area contributed by atoms with Crippen molar-refractivity contribution in [2.75, 3.05) is 19.7 Å². The van der Waals surface area contributed by atoms with Gasteiger partial charge in [-0.3, -0.25) is 4.90 Å². The van der Waals surface area contributed by atoms with Crippen LogP contribution in [0.25, 0.3) is 11.1 Å². The number of carboxylic acid groups (broad SMARTS) is 1. The molecule has 1 N–H and O–H groups in total. The first-order valence-electron chi connectivity index (χ1n) is 14.3. The molecule has 1 aromatic heterocycles. The van der Waals surface area contributed by atoms with E-state index < -0.39 is 23.8 Å². The van der Waals surface area contributed by atoms with Crippen LogP contribution in [-0.4, -0.2) is 69.0 Å². The predicted octanol–water partition coefficient (Wildman–Crippen LogP) is 6.10. The van der Waals surface area contributed by atoms with Crippen LogP contribution in [0.4, 0.5) is 9.59 Å². The van der Waals surface area contributed by atoms with Gasteiger partial charge in [0.15, 0.2) is 0 Å². The first kappa shape index (κ1) is 29.2. The van der Waals surface area contributed by atoms with Crippen LogP contribution < -0.4 is 0 Å². The molecule has 9 heteroatoms. The third kappa shape index (κ3) is 5.47. The zero-order valence-corrected chi connectivity index (χ0v) is 25.1. The molecule has 0 radical (unpaired) electrons. The summed E-state index contributed by atoms with van der Waals surface area (Å²) in [5, 5.41) is 10.0. The molecule has 1 saturated heterocycles. The summed E-state index contributed by atoms with van der Waals surface area (Å²) in [6.45, 7) is 9.95. The van der Waals surface area contributed by atoms with E-state index in [9.17, 15) is 19.5 Å². The third-order valence-corrected chi connectivity index (χ3v) is 8.48. The minimum absolute atomic E-state index is 0.0542. The summed E-state index contributed by atoms with van der Waals surface area (Å²) in [4.78, 5) is 42.2. The highest BCUT2D eigenvalue weighted by Crippen LogP contribution is 2.44. The molecule has 1 aliphatic heterocycles. The molecule has 1 fully saturated rings. The number of hydrogen-bond acceptors (Lipinski definition) is 5. The number of amides is 2. The molecule has 2 amide bonds. The standard InChI is InChI=1S/C33H39N3O6/c1-20-27(29(30(37)38)21(2)34(20)6)18-36(22-15-16-35(17-22)31(39)42-33(3,4)5)32(40)41-19-28-25-13-9-7-11-23(25)24-12-8-10-14-26(24)28/h7-14,22,28H,15-19H2,1-6H3,(H,37,38)/t22-/m0/s1. The molecule has 9 nitrogen and oxygen atoms in total. The zero-order valence-electron chi connectivity index (χ0n) is 25.1. The highest BCUT2D eigenvalue weighted by molar-refractivity contribution is 5.91. The molecule has 42 heavy (non-hydrogen) atoms. The van der Waals surface area contributed by atoms with Crippen molar-refractivity contribution in [3.63, 3.8) is 0 Å². The molecule has 0 saturated carbocycles. The maximum atomic E-state index is 13.9. The van der Waals surface area contributed by atoms with Crippen LogP contribution in [0, 0.1) is 13.8 Å². The molecule has 3 aromatic rings.